The van der Waals surface area contributed by atoms with Gasteiger partial charge < -0.3 is 0 Å². The highest BCUT2D eigenvalue weighted by molar-refractivity contribution is 7.91. The number of alkyl halides is 5. The predicted octanol–water partition coefficient (Wildman–Crippen LogP) is 4.23. The summed E-state index contributed by atoms with van der Waals surface area (Å²) in [4.78, 5) is 7.92. The third-order valence-corrected chi connectivity index (χ3v) is 6.75. The summed E-state index contributed by atoms with van der Waals surface area (Å²) >= 11 is 0. The molecule has 1 aromatic carbocycles. The second-order valence-electron chi connectivity index (χ2n) is 7.28. The minimum Gasteiger partial charge on any atom is -0.296 e. The molecule has 0 atom stereocenters. The number of fused-ring (bicyclic) bond motifs is 2. The lowest BCUT2D eigenvalue weighted by molar-refractivity contribution is -0.137. The van der Waals surface area contributed by atoms with Gasteiger partial charge in [-0.1, -0.05) is 13.0 Å². The van der Waals surface area contributed by atoms with Crippen LogP contribution in [0.4, 0.5) is 22.0 Å². The van der Waals surface area contributed by atoms with Crippen molar-refractivity contribution < 1.29 is 30.4 Å². The lowest BCUT2D eigenvalue weighted by Crippen LogP contribution is -2.14. The summed E-state index contributed by atoms with van der Waals surface area (Å²) in [6.07, 6.45) is -4.00. The van der Waals surface area contributed by atoms with Crippen molar-refractivity contribution in [1.82, 2.24) is 24.3 Å². The fourth-order valence-corrected chi connectivity index (χ4v) is 4.47. The number of nitrogens with zero attached hydrogens (tertiary/aromatic N) is 5. The van der Waals surface area contributed by atoms with Crippen molar-refractivity contribution in [3.05, 3.63) is 41.6 Å². The van der Waals surface area contributed by atoms with Crippen molar-refractivity contribution in [3.8, 4) is 5.95 Å². The first-order chi connectivity index (χ1) is 14.7. The van der Waals surface area contributed by atoms with Crippen LogP contribution in [-0.4, -0.2) is 38.5 Å². The zero-order chi connectivity index (χ0) is 23.6. The molecule has 7 nitrogen and oxygen atoms in total. The molecule has 0 fully saturated rings. The van der Waals surface area contributed by atoms with Gasteiger partial charge in [-0.05, 0) is 18.2 Å². The summed E-state index contributed by atoms with van der Waals surface area (Å²) in [5, 5.41) is 3.79. The average Bonchev–Trinajstić information content (AvgIpc) is 3.24. The molecule has 0 unspecified atom stereocenters. The Kier molecular flexibility index (Phi) is 4.81. The molecule has 0 N–H and O–H groups in total. The number of rotatable bonds is 4. The van der Waals surface area contributed by atoms with Gasteiger partial charge in [0.05, 0.1) is 16.8 Å². The molecule has 0 amide bonds. The first kappa shape index (κ1) is 22.1. The van der Waals surface area contributed by atoms with E-state index in [1.807, 2.05) is 0 Å². The van der Waals surface area contributed by atoms with E-state index in [-0.39, 0.29) is 38.8 Å². The number of halogens is 5. The highest BCUT2D eigenvalue weighted by Gasteiger charge is 2.33. The maximum Gasteiger partial charge on any atom is 0.417 e. The zero-order valence-corrected chi connectivity index (χ0v) is 17.8. The minimum absolute atomic E-state index is 0.0399. The van der Waals surface area contributed by atoms with E-state index < -0.39 is 33.1 Å². The Hall–Kier alpha value is -3.09. The summed E-state index contributed by atoms with van der Waals surface area (Å²) in [7, 11) is -2.57. The van der Waals surface area contributed by atoms with E-state index in [0.717, 1.165) is 22.9 Å². The summed E-state index contributed by atoms with van der Waals surface area (Å²) in [5.41, 5.74) is -1.37. The standard InChI is InChI=1S/C19H16F5N5O2S/c1-4-32(30,31)16-12-7-10(18(2,20)21)5-6-13(12)27-29(16)17-26-14-8-11(19(22,23)24)9-25-15(14)28(17)3/h5-9H,4H2,1-3H3. The van der Waals surface area contributed by atoms with Crippen molar-refractivity contribution >= 4 is 31.9 Å². The third kappa shape index (κ3) is 3.49. The molecule has 13 heteroatoms. The number of hydrogen-bond donors (Lipinski definition) is 0. The summed E-state index contributed by atoms with van der Waals surface area (Å²) in [6, 6.07) is 4.23. The molecule has 3 aromatic heterocycles. The number of hydrogen-bond acceptors (Lipinski definition) is 5. The van der Waals surface area contributed by atoms with Gasteiger partial charge in [0.1, 0.15) is 5.52 Å². The second kappa shape index (κ2) is 6.95. The molecule has 32 heavy (non-hydrogen) atoms. The zero-order valence-electron chi connectivity index (χ0n) is 16.9. The van der Waals surface area contributed by atoms with Crippen molar-refractivity contribution in [2.24, 2.45) is 7.05 Å². The quantitative estimate of drug-likeness (QED) is 0.415. The molecule has 4 aromatic rings. The van der Waals surface area contributed by atoms with E-state index in [0.29, 0.717) is 13.1 Å². The molecular weight excluding hydrogens is 457 g/mol. The van der Waals surface area contributed by atoms with Gasteiger partial charge in [-0.2, -0.15) is 23.0 Å². The van der Waals surface area contributed by atoms with Crippen LogP contribution in [0, 0.1) is 0 Å². The SMILES string of the molecule is CCS(=O)(=O)c1c2cc(C(C)(F)F)ccc2nn1-c1nc2cc(C(F)(F)F)cnc2n1C. The van der Waals surface area contributed by atoms with Crippen molar-refractivity contribution in [1.29, 1.82) is 0 Å². The van der Waals surface area contributed by atoms with Gasteiger partial charge in [-0.15, -0.1) is 0 Å². The van der Waals surface area contributed by atoms with Gasteiger partial charge in [-0.25, -0.2) is 27.2 Å². The van der Waals surface area contributed by atoms with Crippen LogP contribution in [0.2, 0.25) is 0 Å². The Morgan fingerprint density at radius 3 is 2.31 bits per heavy atom. The summed E-state index contributed by atoms with van der Waals surface area (Å²) < 4.78 is 94.9. The summed E-state index contributed by atoms with van der Waals surface area (Å²) in [6.45, 7) is 2.06. The number of benzene rings is 1. The number of imidazole rings is 1. The lowest BCUT2D eigenvalue weighted by atomic mass is 10.1. The molecule has 0 aliphatic rings. The number of sulfone groups is 1. The Morgan fingerprint density at radius 1 is 1.03 bits per heavy atom. The molecule has 0 saturated heterocycles. The number of aryl methyl sites for hydroxylation is 1. The van der Waals surface area contributed by atoms with Gasteiger partial charge in [0.2, 0.25) is 5.95 Å². The monoisotopic (exact) mass is 473 g/mol. The maximum absolute atomic E-state index is 13.9. The third-order valence-electron chi connectivity index (χ3n) is 5.01. The average molecular weight is 473 g/mol. The second-order valence-corrected chi connectivity index (χ2v) is 9.47. The van der Waals surface area contributed by atoms with Gasteiger partial charge in [0.15, 0.2) is 20.5 Å². The van der Waals surface area contributed by atoms with Crippen LogP contribution in [0.25, 0.3) is 28.0 Å². The minimum atomic E-state index is -4.64. The molecule has 0 spiro atoms. The normalized spacial score (nSPS) is 13.4. The van der Waals surface area contributed by atoms with Crippen molar-refractivity contribution in [3.63, 3.8) is 0 Å². The Bertz CT molecular complexity index is 1470. The van der Waals surface area contributed by atoms with Crippen LogP contribution in [-0.2, 0) is 29.0 Å². The van der Waals surface area contributed by atoms with Gasteiger partial charge in [0.25, 0.3) is 5.92 Å². The van der Waals surface area contributed by atoms with E-state index in [4.69, 9.17) is 0 Å². The number of aromatic nitrogens is 5. The fourth-order valence-electron chi connectivity index (χ4n) is 3.31. The molecule has 0 aliphatic heterocycles. The highest BCUT2D eigenvalue weighted by Crippen LogP contribution is 2.34. The van der Waals surface area contributed by atoms with E-state index in [9.17, 15) is 30.4 Å². The van der Waals surface area contributed by atoms with Crippen LogP contribution < -0.4 is 0 Å². The fraction of sp³-hybridized carbons (Fsp3) is 0.316. The molecule has 0 radical (unpaired) electrons. The van der Waals surface area contributed by atoms with Crippen molar-refractivity contribution in [2.45, 2.75) is 31.0 Å². The van der Waals surface area contributed by atoms with E-state index in [1.165, 1.54) is 24.6 Å². The van der Waals surface area contributed by atoms with E-state index >= 15 is 0 Å². The largest absolute Gasteiger partial charge is 0.417 e. The lowest BCUT2D eigenvalue weighted by Gasteiger charge is -2.10. The van der Waals surface area contributed by atoms with Crippen LogP contribution in [0.3, 0.4) is 0 Å². The van der Waals surface area contributed by atoms with Crippen molar-refractivity contribution in [2.75, 3.05) is 5.75 Å². The maximum atomic E-state index is 13.9. The Balaban J connectivity index is 2.05. The molecule has 0 saturated carbocycles. The van der Waals surface area contributed by atoms with Crippen LogP contribution in [0.15, 0.2) is 35.5 Å². The molecule has 0 aliphatic carbocycles. The molecule has 4 rings (SSSR count). The number of pyridine rings is 1. The molecule has 170 valence electrons. The van der Waals surface area contributed by atoms with Gasteiger partial charge in [0, 0.05) is 31.1 Å². The molecule has 0 bridgehead atoms. The predicted molar refractivity (Wildman–Crippen MR) is 105 cm³/mol. The highest BCUT2D eigenvalue weighted by atomic mass is 32.2. The molecular formula is C19H16F5N5O2S. The van der Waals surface area contributed by atoms with Crippen LogP contribution in [0.1, 0.15) is 25.0 Å². The first-order valence-electron chi connectivity index (χ1n) is 9.28. The van der Waals surface area contributed by atoms with Crippen LogP contribution in [0.5, 0.6) is 0 Å². The molecule has 3 heterocycles. The Morgan fingerprint density at radius 2 is 1.72 bits per heavy atom. The van der Waals surface area contributed by atoms with Gasteiger partial charge in [-0.3, -0.25) is 4.57 Å². The van der Waals surface area contributed by atoms with E-state index in [2.05, 4.69) is 15.1 Å². The first-order valence-corrected chi connectivity index (χ1v) is 10.9. The van der Waals surface area contributed by atoms with Gasteiger partial charge >= 0.3 is 6.18 Å². The smallest absolute Gasteiger partial charge is 0.296 e. The van der Waals surface area contributed by atoms with Crippen LogP contribution >= 0.6 is 0 Å². The topological polar surface area (TPSA) is 82.7 Å². The summed E-state index contributed by atoms with van der Waals surface area (Å²) in [5.74, 6) is -3.71. The Labute approximate surface area is 178 Å². The van der Waals surface area contributed by atoms with E-state index in [1.54, 1.807) is 0 Å².